The lowest BCUT2D eigenvalue weighted by molar-refractivity contribution is 0.0925. The fourth-order valence-electron chi connectivity index (χ4n) is 3.10. The van der Waals surface area contributed by atoms with Gasteiger partial charge in [0.25, 0.3) is 5.91 Å². The number of guanidine groups is 1. The minimum atomic E-state index is -0.187. The van der Waals surface area contributed by atoms with Gasteiger partial charge in [-0.25, -0.2) is 0 Å². The molecular weight excluding hydrogens is 372 g/mol. The van der Waals surface area contributed by atoms with Crippen molar-refractivity contribution in [3.63, 3.8) is 0 Å². The first-order chi connectivity index (χ1) is 14.1. The third kappa shape index (κ3) is 5.43. The molecule has 0 unspecified atom stereocenters. The van der Waals surface area contributed by atoms with Crippen LogP contribution in [0.15, 0.2) is 39.9 Å². The Morgan fingerprint density at radius 3 is 2.62 bits per heavy atom. The van der Waals surface area contributed by atoms with Crippen LogP contribution >= 0.6 is 0 Å². The van der Waals surface area contributed by atoms with Crippen molar-refractivity contribution in [3.05, 3.63) is 47.4 Å². The first-order valence-corrected chi connectivity index (χ1v) is 9.71. The summed E-state index contributed by atoms with van der Waals surface area (Å²) in [7, 11) is 3.73. The summed E-state index contributed by atoms with van der Waals surface area (Å²) in [4.78, 5) is 18.4. The molecule has 0 aliphatic carbocycles. The van der Waals surface area contributed by atoms with Gasteiger partial charge in [0.05, 0.1) is 6.26 Å². The van der Waals surface area contributed by atoms with Gasteiger partial charge < -0.3 is 29.4 Å². The highest BCUT2D eigenvalue weighted by molar-refractivity contribution is 5.92. The second-order valence-corrected chi connectivity index (χ2v) is 6.85. The summed E-state index contributed by atoms with van der Waals surface area (Å²) in [5.41, 5.74) is 1.95. The molecule has 1 aliphatic heterocycles. The first-order valence-electron chi connectivity index (χ1n) is 9.71. The Morgan fingerprint density at radius 1 is 1.14 bits per heavy atom. The van der Waals surface area contributed by atoms with Crippen LogP contribution in [0.4, 0.5) is 0 Å². The lowest BCUT2D eigenvalue weighted by atomic mass is 10.2. The van der Waals surface area contributed by atoms with Crippen LogP contribution in [0.1, 0.15) is 28.1 Å². The van der Waals surface area contributed by atoms with Gasteiger partial charge in [-0.3, -0.25) is 9.79 Å². The summed E-state index contributed by atoms with van der Waals surface area (Å²) >= 11 is 0. The van der Waals surface area contributed by atoms with Crippen LogP contribution in [0.3, 0.4) is 0 Å². The van der Waals surface area contributed by atoms with Crippen molar-refractivity contribution in [3.8, 4) is 11.5 Å². The topological polar surface area (TPSA) is 88.3 Å². The van der Waals surface area contributed by atoms with Crippen LogP contribution < -0.4 is 20.1 Å². The van der Waals surface area contributed by atoms with E-state index in [0.29, 0.717) is 38.6 Å². The van der Waals surface area contributed by atoms with Crippen LogP contribution in [0.5, 0.6) is 11.5 Å². The summed E-state index contributed by atoms with van der Waals surface area (Å²) in [6.45, 7) is 4.94. The molecule has 2 aromatic rings. The number of aliphatic imine (C=N–C) groups is 1. The molecule has 1 aliphatic rings. The quantitative estimate of drug-likeness (QED) is 0.421. The second-order valence-electron chi connectivity index (χ2n) is 6.85. The van der Waals surface area contributed by atoms with Crippen LogP contribution in [0.25, 0.3) is 0 Å². The third-order valence-corrected chi connectivity index (χ3v) is 4.59. The number of benzene rings is 1. The number of carbonyl (C=O) groups excluding carboxylic acids is 1. The Bertz CT molecular complexity index is 862. The maximum absolute atomic E-state index is 12.0. The van der Waals surface area contributed by atoms with E-state index in [-0.39, 0.29) is 5.91 Å². The Balaban J connectivity index is 1.41. The zero-order chi connectivity index (χ0) is 20.6. The highest BCUT2D eigenvalue weighted by atomic mass is 16.6. The molecule has 8 heteroatoms. The largest absolute Gasteiger partial charge is 0.486 e. The minimum absolute atomic E-state index is 0.187. The number of nitrogens with one attached hydrogen (secondary N) is 2. The second kappa shape index (κ2) is 9.86. The zero-order valence-electron chi connectivity index (χ0n) is 17.2. The number of hydrogen-bond acceptors (Lipinski definition) is 5. The van der Waals surface area contributed by atoms with E-state index < -0.39 is 0 Å². The van der Waals surface area contributed by atoms with E-state index in [1.54, 1.807) is 13.1 Å². The number of ether oxygens (including phenoxy) is 2. The van der Waals surface area contributed by atoms with E-state index in [4.69, 9.17) is 13.9 Å². The van der Waals surface area contributed by atoms with E-state index in [9.17, 15) is 4.79 Å². The zero-order valence-corrected chi connectivity index (χ0v) is 17.2. The molecule has 2 heterocycles. The average Bonchev–Trinajstić information content (AvgIpc) is 3.16. The summed E-state index contributed by atoms with van der Waals surface area (Å²) in [5.74, 6) is 2.54. The third-order valence-electron chi connectivity index (χ3n) is 4.59. The first kappa shape index (κ1) is 20.6. The fraction of sp³-hybridized carbons (Fsp3) is 0.429. The Kier molecular flexibility index (Phi) is 6.99. The van der Waals surface area contributed by atoms with E-state index in [2.05, 4.69) is 15.6 Å². The molecule has 1 aromatic heterocycles. The SMILES string of the molecule is CN=C(NCCCNC(=O)c1occc1C)N(C)Cc1ccc2c(c1)OCCO2. The van der Waals surface area contributed by atoms with Crippen LogP contribution in [-0.2, 0) is 6.54 Å². The Labute approximate surface area is 170 Å². The van der Waals surface area contributed by atoms with Crippen molar-refractivity contribution in [1.82, 2.24) is 15.5 Å². The molecule has 8 nitrogen and oxygen atoms in total. The molecule has 156 valence electrons. The number of rotatable bonds is 7. The van der Waals surface area contributed by atoms with Crippen molar-refractivity contribution in [1.29, 1.82) is 0 Å². The summed E-state index contributed by atoms with van der Waals surface area (Å²) in [6.07, 6.45) is 2.29. The molecule has 0 atom stereocenters. The molecule has 0 fully saturated rings. The molecule has 29 heavy (non-hydrogen) atoms. The van der Waals surface area contributed by atoms with Gasteiger partial charge in [0.2, 0.25) is 0 Å². The predicted octanol–water partition coefficient (Wildman–Crippen LogP) is 2.19. The van der Waals surface area contributed by atoms with Crippen molar-refractivity contribution in [2.75, 3.05) is 40.4 Å². The van der Waals surface area contributed by atoms with Crippen LogP contribution in [-0.4, -0.2) is 57.2 Å². The van der Waals surface area contributed by atoms with Crippen molar-refractivity contribution >= 4 is 11.9 Å². The Morgan fingerprint density at radius 2 is 1.90 bits per heavy atom. The number of furan rings is 1. The molecule has 3 rings (SSSR count). The number of fused-ring (bicyclic) bond motifs is 1. The van der Waals surface area contributed by atoms with Gasteiger partial charge in [-0.1, -0.05) is 6.07 Å². The molecule has 0 saturated carbocycles. The Hall–Kier alpha value is -3.16. The highest BCUT2D eigenvalue weighted by Gasteiger charge is 2.14. The van der Waals surface area contributed by atoms with Gasteiger partial charge in [0.15, 0.2) is 23.2 Å². The highest BCUT2D eigenvalue weighted by Crippen LogP contribution is 2.31. The van der Waals surface area contributed by atoms with E-state index in [1.807, 2.05) is 37.1 Å². The predicted molar refractivity (Wildman–Crippen MR) is 111 cm³/mol. The fourth-order valence-corrected chi connectivity index (χ4v) is 3.10. The molecular formula is C21H28N4O4. The summed E-state index contributed by atoms with van der Waals surface area (Å²) < 4.78 is 16.4. The van der Waals surface area contributed by atoms with Gasteiger partial charge in [-0.05, 0) is 37.1 Å². The number of aryl methyl sites for hydroxylation is 1. The maximum Gasteiger partial charge on any atom is 0.287 e. The summed E-state index contributed by atoms with van der Waals surface area (Å²) in [5, 5.41) is 6.18. The van der Waals surface area contributed by atoms with Gasteiger partial charge >= 0.3 is 0 Å². The van der Waals surface area contributed by atoms with Crippen LogP contribution in [0.2, 0.25) is 0 Å². The molecule has 0 radical (unpaired) electrons. The van der Waals surface area contributed by atoms with Crippen molar-refractivity contribution < 1.29 is 18.7 Å². The molecule has 0 saturated heterocycles. The lowest BCUT2D eigenvalue weighted by Gasteiger charge is -2.24. The lowest BCUT2D eigenvalue weighted by Crippen LogP contribution is -2.39. The molecule has 1 aromatic carbocycles. The van der Waals surface area contributed by atoms with E-state index >= 15 is 0 Å². The van der Waals surface area contributed by atoms with Gasteiger partial charge in [0, 0.05) is 39.3 Å². The smallest absolute Gasteiger partial charge is 0.287 e. The van der Waals surface area contributed by atoms with Gasteiger partial charge in [-0.2, -0.15) is 0 Å². The average molecular weight is 400 g/mol. The number of hydrogen-bond donors (Lipinski definition) is 2. The number of amides is 1. The standard InChI is InChI=1S/C21H28N4O4/c1-15-7-10-29-19(15)20(26)23-8-4-9-24-21(22-2)25(3)14-16-5-6-17-18(13-16)28-12-11-27-17/h5-7,10,13H,4,8-9,11-12,14H2,1-3H3,(H,22,24)(H,23,26). The van der Waals surface area contributed by atoms with Gasteiger partial charge in [0.1, 0.15) is 13.2 Å². The molecule has 1 amide bonds. The number of nitrogens with zero attached hydrogens (tertiary/aromatic N) is 2. The maximum atomic E-state index is 12.0. The molecule has 0 spiro atoms. The van der Waals surface area contributed by atoms with Crippen molar-refractivity contribution in [2.45, 2.75) is 19.9 Å². The van der Waals surface area contributed by atoms with E-state index in [0.717, 1.165) is 35.0 Å². The normalized spacial score (nSPS) is 13.1. The number of carbonyl (C=O) groups is 1. The monoisotopic (exact) mass is 400 g/mol. The molecule has 2 N–H and O–H groups in total. The minimum Gasteiger partial charge on any atom is -0.486 e. The van der Waals surface area contributed by atoms with Crippen molar-refractivity contribution in [2.24, 2.45) is 4.99 Å². The molecule has 0 bridgehead atoms. The van der Waals surface area contributed by atoms with E-state index in [1.165, 1.54) is 6.26 Å². The summed E-state index contributed by atoms with van der Waals surface area (Å²) in [6, 6.07) is 7.75. The van der Waals surface area contributed by atoms with Gasteiger partial charge in [-0.15, -0.1) is 0 Å². The van der Waals surface area contributed by atoms with Crippen LogP contribution in [0, 0.1) is 6.92 Å².